The second-order valence-electron chi connectivity index (χ2n) is 5.04. The van der Waals surface area contributed by atoms with E-state index >= 15 is 0 Å². The predicted molar refractivity (Wildman–Crippen MR) is 101 cm³/mol. The first-order valence-corrected chi connectivity index (χ1v) is 8.49. The Morgan fingerprint density at radius 2 is 1.62 bits per heavy atom. The van der Waals surface area contributed by atoms with Gasteiger partial charge in [0.25, 0.3) is 5.91 Å². The second kappa shape index (κ2) is 8.77. The Balaban J connectivity index is 1.99. The average Bonchev–Trinajstić information content (AvgIpc) is 2.61. The summed E-state index contributed by atoms with van der Waals surface area (Å²) in [7, 11) is 4.76. The molecule has 0 aliphatic rings. The molecule has 6 heteroatoms. The maximum Gasteiger partial charge on any atom is 0.252 e. The Morgan fingerprint density at radius 3 is 2.21 bits per heavy atom. The number of carbonyl (C=O) groups is 1. The van der Waals surface area contributed by atoms with E-state index < -0.39 is 0 Å². The van der Waals surface area contributed by atoms with Gasteiger partial charge in [-0.2, -0.15) is 0 Å². The molecule has 0 aliphatic carbocycles. The molecule has 2 aromatic rings. The fourth-order valence-electron chi connectivity index (χ4n) is 2.24. The Labute approximate surface area is 155 Å². The molecule has 0 bridgehead atoms. The molecule has 0 saturated carbocycles. The molecular formula is C18H20INO4. The summed E-state index contributed by atoms with van der Waals surface area (Å²) in [5.74, 6) is 1.84. The number of halogens is 1. The van der Waals surface area contributed by atoms with Crippen LogP contribution in [0.15, 0.2) is 36.4 Å². The Bertz CT molecular complexity index is 701. The highest BCUT2D eigenvalue weighted by molar-refractivity contribution is 14.1. The van der Waals surface area contributed by atoms with Crippen LogP contribution in [0.3, 0.4) is 0 Å². The quantitative estimate of drug-likeness (QED) is 0.671. The van der Waals surface area contributed by atoms with Gasteiger partial charge < -0.3 is 19.5 Å². The zero-order chi connectivity index (χ0) is 17.5. The first-order valence-electron chi connectivity index (χ1n) is 7.41. The van der Waals surface area contributed by atoms with Crippen LogP contribution in [0.25, 0.3) is 0 Å². The van der Waals surface area contributed by atoms with Crippen molar-refractivity contribution in [3.05, 3.63) is 51.1 Å². The number of rotatable bonds is 7. The topological polar surface area (TPSA) is 56.8 Å². The highest BCUT2D eigenvalue weighted by Crippen LogP contribution is 2.31. The molecule has 0 saturated heterocycles. The van der Waals surface area contributed by atoms with Gasteiger partial charge in [-0.1, -0.05) is 12.1 Å². The van der Waals surface area contributed by atoms with Gasteiger partial charge in [0, 0.05) is 10.1 Å². The molecule has 5 nitrogen and oxygen atoms in total. The van der Waals surface area contributed by atoms with E-state index in [4.69, 9.17) is 14.2 Å². The van der Waals surface area contributed by atoms with Gasteiger partial charge in [0.2, 0.25) is 0 Å². The Hall–Kier alpha value is -1.96. The molecule has 0 aromatic heterocycles. The van der Waals surface area contributed by atoms with Crippen LogP contribution in [0.4, 0.5) is 0 Å². The fourth-order valence-corrected chi connectivity index (χ4v) is 2.92. The molecule has 0 unspecified atom stereocenters. The summed E-state index contributed by atoms with van der Waals surface area (Å²) in [6, 6.07) is 11.3. The lowest BCUT2D eigenvalue weighted by atomic mass is 10.1. The number of hydrogen-bond donors (Lipinski definition) is 1. The van der Waals surface area contributed by atoms with Crippen LogP contribution in [-0.2, 0) is 6.42 Å². The van der Waals surface area contributed by atoms with Crippen molar-refractivity contribution in [1.29, 1.82) is 0 Å². The van der Waals surface area contributed by atoms with E-state index in [1.807, 2.05) is 24.3 Å². The number of amides is 1. The van der Waals surface area contributed by atoms with Crippen molar-refractivity contribution >= 4 is 28.5 Å². The first kappa shape index (κ1) is 18.4. The third kappa shape index (κ3) is 4.53. The summed E-state index contributed by atoms with van der Waals surface area (Å²) in [4.78, 5) is 12.4. The van der Waals surface area contributed by atoms with Crippen molar-refractivity contribution < 1.29 is 19.0 Å². The van der Waals surface area contributed by atoms with Gasteiger partial charge in [-0.25, -0.2) is 0 Å². The first-order chi connectivity index (χ1) is 11.6. The van der Waals surface area contributed by atoms with Gasteiger partial charge in [-0.05, 0) is 58.8 Å². The van der Waals surface area contributed by atoms with Crippen molar-refractivity contribution in [1.82, 2.24) is 5.32 Å². The van der Waals surface area contributed by atoms with E-state index in [-0.39, 0.29) is 5.91 Å². The highest BCUT2D eigenvalue weighted by atomic mass is 127. The summed E-state index contributed by atoms with van der Waals surface area (Å²) in [5.41, 5.74) is 1.71. The van der Waals surface area contributed by atoms with E-state index in [1.165, 1.54) is 0 Å². The largest absolute Gasteiger partial charge is 0.497 e. The van der Waals surface area contributed by atoms with Crippen molar-refractivity contribution in [2.24, 2.45) is 0 Å². The maximum atomic E-state index is 12.4. The second-order valence-corrected chi connectivity index (χ2v) is 6.20. The van der Waals surface area contributed by atoms with Gasteiger partial charge in [0.15, 0.2) is 11.5 Å². The van der Waals surface area contributed by atoms with Crippen LogP contribution in [0.1, 0.15) is 15.9 Å². The molecule has 0 heterocycles. The lowest BCUT2D eigenvalue weighted by Gasteiger charge is -2.12. The van der Waals surface area contributed by atoms with Crippen molar-refractivity contribution in [2.75, 3.05) is 27.9 Å². The van der Waals surface area contributed by atoms with E-state index in [1.54, 1.807) is 33.5 Å². The van der Waals surface area contributed by atoms with Crippen LogP contribution >= 0.6 is 22.6 Å². The zero-order valence-corrected chi connectivity index (χ0v) is 16.0. The minimum absolute atomic E-state index is 0.131. The van der Waals surface area contributed by atoms with Gasteiger partial charge in [0.05, 0.1) is 26.9 Å². The molecule has 128 valence electrons. The lowest BCUT2D eigenvalue weighted by molar-refractivity contribution is 0.0953. The number of carbonyl (C=O) groups excluding carboxylic acids is 1. The molecule has 24 heavy (non-hydrogen) atoms. The lowest BCUT2D eigenvalue weighted by Crippen LogP contribution is -2.26. The number of hydrogen-bond acceptors (Lipinski definition) is 4. The monoisotopic (exact) mass is 441 g/mol. The van der Waals surface area contributed by atoms with Crippen molar-refractivity contribution in [2.45, 2.75) is 6.42 Å². The summed E-state index contributed by atoms with van der Waals surface area (Å²) in [6.07, 6.45) is 0.750. The Morgan fingerprint density at radius 1 is 1.00 bits per heavy atom. The molecule has 0 atom stereocenters. The SMILES string of the molecule is COc1ccc(CCNC(=O)c2cc(OC)c(OC)cc2I)cc1. The molecule has 1 N–H and O–H groups in total. The Kier molecular flexibility index (Phi) is 6.72. The summed E-state index contributed by atoms with van der Waals surface area (Å²) >= 11 is 2.12. The molecule has 2 rings (SSSR count). The summed E-state index contributed by atoms with van der Waals surface area (Å²) < 4.78 is 16.4. The summed E-state index contributed by atoms with van der Waals surface area (Å²) in [5, 5.41) is 2.93. The van der Waals surface area contributed by atoms with Crippen molar-refractivity contribution in [3.63, 3.8) is 0 Å². The van der Waals surface area contributed by atoms with E-state index in [2.05, 4.69) is 27.9 Å². The van der Waals surface area contributed by atoms with E-state index in [0.29, 0.717) is 23.6 Å². The smallest absolute Gasteiger partial charge is 0.252 e. The molecule has 1 amide bonds. The minimum Gasteiger partial charge on any atom is -0.497 e. The highest BCUT2D eigenvalue weighted by Gasteiger charge is 2.15. The fraction of sp³-hybridized carbons (Fsp3) is 0.278. The van der Waals surface area contributed by atoms with Crippen molar-refractivity contribution in [3.8, 4) is 17.2 Å². The number of ether oxygens (including phenoxy) is 3. The normalized spacial score (nSPS) is 10.2. The van der Waals surface area contributed by atoms with Crippen LogP contribution in [0, 0.1) is 3.57 Å². The zero-order valence-electron chi connectivity index (χ0n) is 13.9. The van der Waals surface area contributed by atoms with Gasteiger partial charge in [-0.3, -0.25) is 4.79 Å². The van der Waals surface area contributed by atoms with Crippen LogP contribution in [0.5, 0.6) is 17.2 Å². The van der Waals surface area contributed by atoms with Crippen LogP contribution in [-0.4, -0.2) is 33.8 Å². The van der Waals surface area contributed by atoms with Gasteiger partial charge >= 0.3 is 0 Å². The molecular weight excluding hydrogens is 421 g/mol. The van der Waals surface area contributed by atoms with Gasteiger partial charge in [-0.15, -0.1) is 0 Å². The minimum atomic E-state index is -0.131. The predicted octanol–water partition coefficient (Wildman–Crippen LogP) is 3.29. The van der Waals surface area contributed by atoms with Crippen LogP contribution < -0.4 is 19.5 Å². The molecule has 0 aliphatic heterocycles. The standard InChI is InChI=1S/C18H20INO4/c1-22-13-6-4-12(5-7-13)8-9-20-18(21)14-10-16(23-2)17(24-3)11-15(14)19/h4-7,10-11H,8-9H2,1-3H3,(H,20,21). The average molecular weight is 441 g/mol. The molecule has 0 radical (unpaired) electrons. The number of nitrogens with one attached hydrogen (secondary N) is 1. The number of methoxy groups -OCH3 is 3. The van der Waals surface area contributed by atoms with E-state index in [0.717, 1.165) is 21.3 Å². The summed E-state index contributed by atoms with van der Waals surface area (Å²) in [6.45, 7) is 0.551. The maximum absolute atomic E-state index is 12.4. The third-order valence-corrected chi connectivity index (χ3v) is 4.47. The van der Waals surface area contributed by atoms with Gasteiger partial charge in [0.1, 0.15) is 5.75 Å². The van der Waals surface area contributed by atoms with Crippen LogP contribution in [0.2, 0.25) is 0 Å². The van der Waals surface area contributed by atoms with E-state index in [9.17, 15) is 4.79 Å². The molecule has 0 fully saturated rings. The molecule has 2 aromatic carbocycles. The number of benzene rings is 2. The molecule has 0 spiro atoms. The third-order valence-electron chi connectivity index (χ3n) is 3.58.